The van der Waals surface area contributed by atoms with Gasteiger partial charge in [-0.3, -0.25) is 24.8 Å². The summed E-state index contributed by atoms with van der Waals surface area (Å²) >= 11 is 0. The van der Waals surface area contributed by atoms with E-state index in [4.69, 9.17) is 0 Å². The van der Waals surface area contributed by atoms with E-state index in [1.54, 1.807) is 12.3 Å². The molecule has 2 heterocycles. The van der Waals surface area contributed by atoms with Gasteiger partial charge in [0.2, 0.25) is 5.82 Å². The number of rotatable bonds is 2. The zero-order chi connectivity index (χ0) is 14.9. The predicted octanol–water partition coefficient (Wildman–Crippen LogP) is 0.808. The van der Waals surface area contributed by atoms with Crippen LogP contribution in [-0.4, -0.2) is 27.6 Å². The Bertz CT molecular complexity index is 684. The van der Waals surface area contributed by atoms with Crippen molar-refractivity contribution in [2.45, 2.75) is 13.3 Å². The molecule has 0 saturated heterocycles. The summed E-state index contributed by atoms with van der Waals surface area (Å²) in [6.45, 7) is 1.61. The van der Waals surface area contributed by atoms with Crippen LogP contribution >= 0.6 is 0 Å². The van der Waals surface area contributed by atoms with Crippen LogP contribution in [0.3, 0.4) is 0 Å². The fraction of sp³-hybridized carbons (Fsp3) is 0.182. The van der Waals surface area contributed by atoms with Crippen molar-refractivity contribution in [3.63, 3.8) is 0 Å². The lowest BCUT2D eigenvalue weighted by atomic mass is 10.3. The number of imidazole rings is 1. The summed E-state index contributed by atoms with van der Waals surface area (Å²) in [4.78, 5) is 26.0. The first kappa shape index (κ1) is 13.8. The quantitative estimate of drug-likeness (QED) is 0.802. The monoisotopic (exact) mass is 286 g/mol. The third-order valence-corrected chi connectivity index (χ3v) is 2.43. The number of carbonyl (C=O) groups excluding carboxylic acids is 2. The summed E-state index contributed by atoms with van der Waals surface area (Å²) in [7, 11) is 0. The fourth-order valence-electron chi connectivity index (χ4n) is 1.58. The number of halogens is 3. The van der Waals surface area contributed by atoms with Crippen LogP contribution in [0.1, 0.15) is 16.2 Å². The van der Waals surface area contributed by atoms with Crippen LogP contribution < -0.4 is 10.9 Å². The molecule has 0 unspecified atom stereocenters. The van der Waals surface area contributed by atoms with Crippen LogP contribution in [-0.2, 0) is 4.79 Å². The zero-order valence-electron chi connectivity index (χ0n) is 10.2. The number of hydrazine groups is 1. The highest BCUT2D eigenvalue weighted by Crippen LogP contribution is 2.13. The number of hydrogen-bond acceptors (Lipinski definition) is 3. The van der Waals surface area contributed by atoms with Crippen molar-refractivity contribution in [1.29, 1.82) is 0 Å². The predicted molar refractivity (Wildman–Crippen MR) is 61.5 cm³/mol. The fourth-order valence-corrected chi connectivity index (χ4v) is 1.58. The SMILES string of the molecule is Cc1cc(F)c2cnc(C(=O)NNC(=O)C(F)F)n2c1. The summed E-state index contributed by atoms with van der Waals surface area (Å²) in [5.74, 6) is -3.41. The largest absolute Gasteiger partial charge is 0.317 e. The Kier molecular flexibility index (Phi) is 3.59. The minimum atomic E-state index is -3.26. The molecule has 106 valence electrons. The number of aromatic nitrogens is 2. The standard InChI is InChI=1S/C11H9F3N4O2/c1-5-2-6(12)7-3-15-9(18(7)4-5)11(20)17-16-10(19)8(13)14/h2-4,8H,1H3,(H,16,19)(H,17,20). The van der Waals surface area contributed by atoms with Crippen LogP contribution in [0.25, 0.3) is 5.52 Å². The number of nitrogens with zero attached hydrogens (tertiary/aromatic N) is 2. The number of aryl methyl sites for hydroxylation is 1. The third-order valence-electron chi connectivity index (χ3n) is 2.43. The van der Waals surface area contributed by atoms with Crippen LogP contribution in [0.15, 0.2) is 18.5 Å². The molecule has 0 bridgehead atoms. The topological polar surface area (TPSA) is 75.5 Å². The lowest BCUT2D eigenvalue weighted by molar-refractivity contribution is -0.132. The van der Waals surface area contributed by atoms with Gasteiger partial charge in [0.25, 0.3) is 0 Å². The highest BCUT2D eigenvalue weighted by atomic mass is 19.3. The Labute approximate surface area is 110 Å². The molecule has 2 rings (SSSR count). The van der Waals surface area contributed by atoms with Crippen LogP contribution in [0.4, 0.5) is 13.2 Å². The number of nitrogens with one attached hydrogen (secondary N) is 2. The van der Waals surface area contributed by atoms with Gasteiger partial charge in [-0.05, 0) is 18.6 Å². The molecule has 2 aromatic heterocycles. The molecule has 9 heteroatoms. The molecule has 0 atom stereocenters. The van der Waals surface area contributed by atoms with Gasteiger partial charge in [0.15, 0.2) is 0 Å². The second-order valence-electron chi connectivity index (χ2n) is 3.95. The van der Waals surface area contributed by atoms with E-state index in [0.29, 0.717) is 5.56 Å². The molecule has 0 aliphatic heterocycles. The van der Waals surface area contributed by atoms with Crippen molar-refractivity contribution in [2.24, 2.45) is 0 Å². The van der Waals surface area contributed by atoms with Crippen LogP contribution in [0.2, 0.25) is 0 Å². The second kappa shape index (κ2) is 5.19. The van der Waals surface area contributed by atoms with E-state index >= 15 is 0 Å². The molecule has 2 N–H and O–H groups in total. The van der Waals surface area contributed by atoms with Gasteiger partial charge >= 0.3 is 18.2 Å². The molecule has 6 nitrogen and oxygen atoms in total. The van der Waals surface area contributed by atoms with E-state index in [0.717, 1.165) is 10.6 Å². The molecule has 20 heavy (non-hydrogen) atoms. The Hall–Kier alpha value is -2.58. The summed E-state index contributed by atoms with van der Waals surface area (Å²) in [5.41, 5.74) is 3.90. The number of carbonyl (C=O) groups is 2. The van der Waals surface area contributed by atoms with Gasteiger partial charge in [-0.15, -0.1) is 0 Å². The lowest BCUT2D eigenvalue weighted by Crippen LogP contribution is -2.44. The average Bonchev–Trinajstić information content (AvgIpc) is 2.79. The normalized spacial score (nSPS) is 10.8. The maximum absolute atomic E-state index is 13.6. The van der Waals surface area contributed by atoms with E-state index in [1.807, 2.05) is 0 Å². The number of hydrogen-bond donors (Lipinski definition) is 2. The van der Waals surface area contributed by atoms with Gasteiger partial charge in [0.05, 0.1) is 6.20 Å². The Morgan fingerprint density at radius 1 is 1.35 bits per heavy atom. The molecule has 2 aromatic rings. The third kappa shape index (κ3) is 2.56. The Morgan fingerprint density at radius 2 is 2.05 bits per heavy atom. The zero-order valence-corrected chi connectivity index (χ0v) is 10.2. The van der Waals surface area contributed by atoms with Gasteiger partial charge in [-0.2, -0.15) is 8.78 Å². The number of fused-ring (bicyclic) bond motifs is 1. The first-order chi connectivity index (χ1) is 9.40. The minimum absolute atomic E-state index is 0.0564. The van der Waals surface area contributed by atoms with E-state index in [2.05, 4.69) is 4.98 Å². The first-order valence-corrected chi connectivity index (χ1v) is 5.41. The maximum atomic E-state index is 13.6. The lowest BCUT2D eigenvalue weighted by Gasteiger charge is -2.06. The molecular formula is C11H9F3N4O2. The average molecular weight is 286 g/mol. The van der Waals surface area contributed by atoms with E-state index in [1.165, 1.54) is 17.7 Å². The molecule has 2 amide bonds. The highest BCUT2D eigenvalue weighted by molar-refractivity contribution is 5.93. The Morgan fingerprint density at radius 3 is 2.70 bits per heavy atom. The van der Waals surface area contributed by atoms with Gasteiger partial charge in [0.1, 0.15) is 11.3 Å². The minimum Gasteiger partial charge on any atom is -0.293 e. The van der Waals surface area contributed by atoms with E-state index < -0.39 is 24.1 Å². The summed E-state index contributed by atoms with van der Waals surface area (Å²) in [6, 6.07) is 1.26. The molecule has 0 aromatic carbocycles. The van der Waals surface area contributed by atoms with E-state index in [9.17, 15) is 22.8 Å². The second-order valence-corrected chi connectivity index (χ2v) is 3.95. The van der Waals surface area contributed by atoms with Gasteiger partial charge in [-0.25, -0.2) is 9.37 Å². The molecule has 0 spiro atoms. The first-order valence-electron chi connectivity index (χ1n) is 5.41. The van der Waals surface area contributed by atoms with Crippen molar-refractivity contribution >= 4 is 17.3 Å². The van der Waals surface area contributed by atoms with Crippen molar-refractivity contribution < 1.29 is 22.8 Å². The number of pyridine rings is 1. The van der Waals surface area contributed by atoms with Crippen molar-refractivity contribution in [3.05, 3.63) is 35.7 Å². The molecule has 0 aliphatic rings. The number of amides is 2. The van der Waals surface area contributed by atoms with Crippen LogP contribution in [0.5, 0.6) is 0 Å². The smallest absolute Gasteiger partial charge is 0.293 e. The molecule has 0 fully saturated rings. The maximum Gasteiger partial charge on any atom is 0.317 e. The van der Waals surface area contributed by atoms with Crippen LogP contribution in [0, 0.1) is 12.7 Å². The summed E-state index contributed by atoms with van der Waals surface area (Å²) in [6.07, 6.45) is -0.680. The van der Waals surface area contributed by atoms with E-state index in [-0.39, 0.29) is 11.3 Å². The molecule has 0 aliphatic carbocycles. The summed E-state index contributed by atoms with van der Waals surface area (Å²) < 4.78 is 38.6. The highest BCUT2D eigenvalue weighted by Gasteiger charge is 2.19. The molecular weight excluding hydrogens is 277 g/mol. The summed E-state index contributed by atoms with van der Waals surface area (Å²) in [5, 5.41) is 0. The van der Waals surface area contributed by atoms with Crippen molar-refractivity contribution in [3.8, 4) is 0 Å². The molecule has 0 radical (unpaired) electrons. The van der Waals surface area contributed by atoms with Gasteiger partial charge in [-0.1, -0.05) is 0 Å². The Balaban J connectivity index is 2.25. The van der Waals surface area contributed by atoms with Gasteiger partial charge in [0, 0.05) is 6.20 Å². The van der Waals surface area contributed by atoms with Crippen molar-refractivity contribution in [2.75, 3.05) is 0 Å². The van der Waals surface area contributed by atoms with Gasteiger partial charge < -0.3 is 0 Å². The van der Waals surface area contributed by atoms with Crippen molar-refractivity contribution in [1.82, 2.24) is 20.2 Å². The number of alkyl halides is 2. The molecule has 0 saturated carbocycles.